The van der Waals surface area contributed by atoms with Gasteiger partial charge in [-0.25, -0.2) is 9.78 Å². The molecule has 0 atom stereocenters. The first-order valence-corrected chi connectivity index (χ1v) is 9.08. The number of aromatic nitrogens is 1. The number of benzene rings is 2. The minimum atomic E-state index is -0.494. The summed E-state index contributed by atoms with van der Waals surface area (Å²) in [6, 6.07) is 13.9. The smallest absolute Gasteiger partial charge is 0.407 e. The third-order valence-electron chi connectivity index (χ3n) is 4.09. The first-order chi connectivity index (χ1) is 12.8. The fraction of sp³-hybridized carbons (Fsp3) is 0.333. The van der Waals surface area contributed by atoms with Gasteiger partial charge in [0.15, 0.2) is 0 Å². The van der Waals surface area contributed by atoms with E-state index in [1.165, 1.54) is 0 Å². The van der Waals surface area contributed by atoms with Crippen LogP contribution in [-0.2, 0) is 11.3 Å². The Labute approximate surface area is 160 Å². The van der Waals surface area contributed by atoms with E-state index in [1.807, 2.05) is 57.2 Å². The molecular formula is C21H24BN3O2. The Balaban J connectivity index is 1.70. The molecule has 0 fully saturated rings. The van der Waals surface area contributed by atoms with Gasteiger partial charge < -0.3 is 15.4 Å². The largest absolute Gasteiger partial charge is 0.444 e. The Kier molecular flexibility index (Phi) is 5.66. The van der Waals surface area contributed by atoms with Crippen molar-refractivity contribution >= 4 is 41.2 Å². The summed E-state index contributed by atoms with van der Waals surface area (Å²) in [5, 5.41) is 8.28. The van der Waals surface area contributed by atoms with E-state index in [1.54, 1.807) is 0 Å². The lowest BCUT2D eigenvalue weighted by Gasteiger charge is -2.19. The highest BCUT2D eigenvalue weighted by Crippen LogP contribution is 2.25. The predicted octanol–water partition coefficient (Wildman–Crippen LogP) is 2.80. The predicted molar refractivity (Wildman–Crippen MR) is 111 cm³/mol. The minimum absolute atomic E-state index is 0.406. The Bertz CT molecular complexity index is 967. The molecule has 6 heteroatoms. The second-order valence-electron chi connectivity index (χ2n) is 7.49. The van der Waals surface area contributed by atoms with Gasteiger partial charge in [0.05, 0.1) is 11.0 Å². The molecular weight excluding hydrogens is 337 g/mol. The first-order valence-electron chi connectivity index (χ1n) is 9.08. The van der Waals surface area contributed by atoms with Gasteiger partial charge >= 0.3 is 6.09 Å². The number of pyridine rings is 1. The lowest BCUT2D eigenvalue weighted by molar-refractivity contribution is 0.0528. The highest BCUT2D eigenvalue weighted by Gasteiger charge is 2.15. The molecule has 0 aliphatic heterocycles. The first kappa shape index (κ1) is 19.2. The van der Waals surface area contributed by atoms with Crippen LogP contribution in [0.2, 0.25) is 0 Å². The molecule has 0 bridgehead atoms. The molecule has 0 spiro atoms. The zero-order valence-electron chi connectivity index (χ0n) is 16.0. The average Bonchev–Trinajstić information content (AvgIpc) is 2.59. The highest BCUT2D eigenvalue weighted by molar-refractivity contribution is 6.33. The number of nitrogens with one attached hydrogen (secondary N) is 2. The number of hydrogen-bond donors (Lipinski definition) is 2. The van der Waals surface area contributed by atoms with Crippen LogP contribution < -0.4 is 16.1 Å². The molecule has 3 rings (SSSR count). The Morgan fingerprint density at radius 2 is 1.81 bits per heavy atom. The van der Waals surface area contributed by atoms with Crippen molar-refractivity contribution in [1.29, 1.82) is 0 Å². The number of para-hydroxylation sites is 1. The number of carbonyl (C=O) groups excluding carboxylic acids is 1. The maximum atomic E-state index is 11.7. The monoisotopic (exact) mass is 361 g/mol. The Morgan fingerprint density at radius 3 is 2.59 bits per heavy atom. The Hall–Kier alpha value is -2.60. The maximum Gasteiger partial charge on any atom is 0.407 e. The van der Waals surface area contributed by atoms with Crippen molar-refractivity contribution in [3.05, 3.63) is 48.0 Å². The number of ether oxygens (including phenoxy) is 1. The van der Waals surface area contributed by atoms with Crippen LogP contribution in [0.15, 0.2) is 42.5 Å². The molecule has 0 unspecified atom stereocenters. The van der Waals surface area contributed by atoms with Gasteiger partial charge in [0, 0.05) is 30.4 Å². The third-order valence-corrected chi connectivity index (χ3v) is 4.09. The highest BCUT2D eigenvalue weighted by atomic mass is 16.6. The lowest BCUT2D eigenvalue weighted by Crippen LogP contribution is -2.36. The molecule has 27 heavy (non-hydrogen) atoms. The Morgan fingerprint density at radius 1 is 1.07 bits per heavy atom. The van der Waals surface area contributed by atoms with Gasteiger partial charge in [-0.15, -0.1) is 0 Å². The van der Waals surface area contributed by atoms with Crippen LogP contribution in [0.5, 0.6) is 0 Å². The molecule has 0 saturated heterocycles. The molecule has 0 aliphatic carbocycles. The van der Waals surface area contributed by atoms with Crippen molar-refractivity contribution in [3.63, 3.8) is 0 Å². The van der Waals surface area contributed by atoms with Crippen LogP contribution in [0.1, 0.15) is 26.3 Å². The maximum absolute atomic E-state index is 11.7. The lowest BCUT2D eigenvalue weighted by atomic mass is 9.92. The van der Waals surface area contributed by atoms with E-state index < -0.39 is 11.7 Å². The van der Waals surface area contributed by atoms with E-state index in [0.717, 1.165) is 27.4 Å². The SMILES string of the molecule is [B]c1ccc2nc3ccccc3c(CNCCNC(=O)OC(C)(C)C)c2c1. The summed E-state index contributed by atoms with van der Waals surface area (Å²) >= 11 is 0. The van der Waals surface area contributed by atoms with Gasteiger partial charge in [0.2, 0.25) is 0 Å². The molecule has 2 radical (unpaired) electrons. The molecule has 0 saturated carbocycles. The molecule has 1 heterocycles. The van der Waals surface area contributed by atoms with Gasteiger partial charge in [-0.2, -0.15) is 0 Å². The quantitative estimate of drug-likeness (QED) is 0.417. The summed E-state index contributed by atoms with van der Waals surface area (Å²) < 4.78 is 5.23. The zero-order chi connectivity index (χ0) is 19.4. The summed E-state index contributed by atoms with van der Waals surface area (Å²) in [6.07, 6.45) is -0.406. The number of alkyl carbamates (subject to hydrolysis) is 1. The van der Waals surface area contributed by atoms with Gasteiger partial charge in [-0.1, -0.05) is 35.8 Å². The number of carbonyl (C=O) groups is 1. The van der Waals surface area contributed by atoms with Gasteiger partial charge in [-0.05, 0) is 38.5 Å². The van der Waals surface area contributed by atoms with Gasteiger partial charge in [0.1, 0.15) is 13.4 Å². The van der Waals surface area contributed by atoms with Crippen LogP contribution in [0, 0.1) is 0 Å². The summed E-state index contributed by atoms with van der Waals surface area (Å²) in [5.41, 5.74) is 3.25. The average molecular weight is 361 g/mol. The molecule has 138 valence electrons. The number of amides is 1. The summed E-state index contributed by atoms with van der Waals surface area (Å²) in [7, 11) is 5.99. The fourth-order valence-corrected chi connectivity index (χ4v) is 2.97. The molecule has 0 aliphatic rings. The van der Waals surface area contributed by atoms with Crippen LogP contribution in [0.3, 0.4) is 0 Å². The van der Waals surface area contributed by atoms with Crippen molar-refractivity contribution < 1.29 is 9.53 Å². The topological polar surface area (TPSA) is 63.2 Å². The van der Waals surface area contributed by atoms with Crippen molar-refractivity contribution in [1.82, 2.24) is 15.6 Å². The number of nitrogens with zero attached hydrogens (tertiary/aromatic N) is 1. The second kappa shape index (κ2) is 7.97. The fourth-order valence-electron chi connectivity index (χ4n) is 2.97. The zero-order valence-corrected chi connectivity index (χ0v) is 16.0. The molecule has 2 N–H and O–H groups in total. The van der Waals surface area contributed by atoms with Crippen molar-refractivity contribution in [2.45, 2.75) is 32.9 Å². The minimum Gasteiger partial charge on any atom is -0.444 e. The van der Waals surface area contributed by atoms with E-state index in [4.69, 9.17) is 17.6 Å². The summed E-state index contributed by atoms with van der Waals surface area (Å²) in [6.45, 7) is 7.29. The molecule has 1 aromatic heterocycles. The van der Waals surface area contributed by atoms with Crippen molar-refractivity contribution in [3.8, 4) is 0 Å². The molecule has 2 aromatic carbocycles. The standard InChI is InChI=1S/C21H24BN3O2/c1-21(2,3)27-20(26)24-11-10-23-13-17-15-6-4-5-7-18(15)25-19-9-8-14(22)12-16(17)19/h4-9,12,23H,10-11,13H2,1-3H3,(H,24,26). The summed E-state index contributed by atoms with van der Waals surface area (Å²) in [4.78, 5) is 16.4. The van der Waals surface area contributed by atoms with E-state index in [-0.39, 0.29) is 0 Å². The van der Waals surface area contributed by atoms with Crippen LogP contribution in [0.4, 0.5) is 4.79 Å². The van der Waals surface area contributed by atoms with Crippen LogP contribution in [-0.4, -0.2) is 37.6 Å². The molecule has 5 nitrogen and oxygen atoms in total. The summed E-state index contributed by atoms with van der Waals surface area (Å²) in [5.74, 6) is 0. The number of rotatable bonds is 5. The molecule has 3 aromatic rings. The van der Waals surface area contributed by atoms with Crippen LogP contribution in [0.25, 0.3) is 21.8 Å². The van der Waals surface area contributed by atoms with E-state index >= 15 is 0 Å². The number of hydrogen-bond acceptors (Lipinski definition) is 4. The van der Waals surface area contributed by atoms with E-state index in [0.29, 0.717) is 25.1 Å². The van der Waals surface area contributed by atoms with Gasteiger partial charge in [-0.3, -0.25) is 0 Å². The molecule has 1 amide bonds. The normalized spacial score (nSPS) is 11.7. The van der Waals surface area contributed by atoms with E-state index in [9.17, 15) is 4.79 Å². The van der Waals surface area contributed by atoms with Crippen LogP contribution >= 0.6 is 0 Å². The number of fused-ring (bicyclic) bond motifs is 2. The van der Waals surface area contributed by atoms with E-state index in [2.05, 4.69) is 16.7 Å². The van der Waals surface area contributed by atoms with Crippen molar-refractivity contribution in [2.24, 2.45) is 0 Å². The van der Waals surface area contributed by atoms with Crippen molar-refractivity contribution in [2.75, 3.05) is 13.1 Å². The third kappa shape index (κ3) is 4.98. The van der Waals surface area contributed by atoms with Gasteiger partial charge in [0.25, 0.3) is 0 Å². The second-order valence-corrected chi connectivity index (χ2v) is 7.49.